The summed E-state index contributed by atoms with van der Waals surface area (Å²) in [5.74, 6) is 0.401. The Balaban J connectivity index is 1.39. The molecule has 1 unspecified atom stereocenters. The molecule has 3 N–H and O–H groups in total. The predicted octanol–water partition coefficient (Wildman–Crippen LogP) is 6.73. The molecule has 5 rings (SSSR count). The zero-order valence-electron chi connectivity index (χ0n) is 24.2. The van der Waals surface area contributed by atoms with E-state index in [-0.39, 0.29) is 25.2 Å². The van der Waals surface area contributed by atoms with Crippen LogP contribution in [0.15, 0.2) is 97.2 Å². The fraction of sp³-hybridized carbons (Fsp3) is 0.257. The van der Waals surface area contributed by atoms with Crippen molar-refractivity contribution in [3.63, 3.8) is 0 Å². The van der Waals surface area contributed by atoms with Crippen molar-refractivity contribution in [2.45, 2.75) is 44.9 Å². The number of carbonyl (C=O) groups excluding carboxylic acids is 1. The van der Waals surface area contributed by atoms with E-state index in [9.17, 15) is 15.2 Å². The van der Waals surface area contributed by atoms with Crippen LogP contribution in [0.3, 0.4) is 0 Å². The van der Waals surface area contributed by atoms with E-state index in [0.717, 1.165) is 32.8 Å². The number of carbonyl (C=O) groups is 1. The number of aliphatic hydroxyl groups excluding tert-OH is 1. The minimum Gasteiger partial charge on any atom is -0.489 e. The number of amides is 2. The van der Waals surface area contributed by atoms with Crippen LogP contribution in [0, 0.1) is 11.3 Å². The van der Waals surface area contributed by atoms with Crippen molar-refractivity contribution in [2.24, 2.45) is 0 Å². The standard InChI is InChI=1S/C35H36N4O3/c1-24(29-16-10-13-25-11-4-6-14-30(25)29)38-34(41)39(22-28(40)23-42-33-18-9-5-12-26(33)20-36)35(2,3)19-27-21-37-32-17-8-7-15-31(27)32/h4-18,21,24,28,37,40H,19,22-23H2,1-3H3,(H,38,41)/t24-,28?/m1/s1. The second kappa shape index (κ2) is 12.4. The Hall–Kier alpha value is -4.80. The van der Waals surface area contributed by atoms with Crippen molar-refractivity contribution in [3.05, 3.63) is 114 Å². The number of aliphatic hydroxyl groups is 1. The second-order valence-electron chi connectivity index (χ2n) is 11.3. The van der Waals surface area contributed by atoms with Crippen LogP contribution in [-0.2, 0) is 6.42 Å². The van der Waals surface area contributed by atoms with Crippen LogP contribution in [0.25, 0.3) is 21.7 Å². The number of benzene rings is 4. The molecule has 7 heteroatoms. The third kappa shape index (κ3) is 6.24. The maximum absolute atomic E-state index is 14.0. The van der Waals surface area contributed by atoms with Crippen molar-refractivity contribution in [2.75, 3.05) is 13.2 Å². The van der Waals surface area contributed by atoms with Gasteiger partial charge in [-0.05, 0) is 67.3 Å². The van der Waals surface area contributed by atoms with Crippen molar-refractivity contribution in [3.8, 4) is 11.8 Å². The summed E-state index contributed by atoms with van der Waals surface area (Å²) in [5, 5.41) is 27.0. The molecule has 5 aromatic rings. The molecule has 4 aromatic carbocycles. The molecule has 1 heterocycles. The number of nitrogens with one attached hydrogen (secondary N) is 2. The topological polar surface area (TPSA) is 101 Å². The van der Waals surface area contributed by atoms with E-state index in [4.69, 9.17) is 4.74 Å². The number of para-hydroxylation sites is 2. The fourth-order valence-corrected chi connectivity index (χ4v) is 5.55. The van der Waals surface area contributed by atoms with Gasteiger partial charge in [-0.15, -0.1) is 0 Å². The summed E-state index contributed by atoms with van der Waals surface area (Å²) in [6.45, 7) is 5.97. The molecule has 214 valence electrons. The average Bonchev–Trinajstić information content (AvgIpc) is 3.40. The van der Waals surface area contributed by atoms with Crippen LogP contribution in [0.5, 0.6) is 5.75 Å². The van der Waals surface area contributed by atoms with E-state index >= 15 is 0 Å². The number of ether oxygens (including phenoxy) is 1. The van der Waals surface area contributed by atoms with Crippen molar-refractivity contribution >= 4 is 27.7 Å². The summed E-state index contributed by atoms with van der Waals surface area (Å²) in [6.07, 6.45) is 1.56. The number of rotatable bonds is 10. The lowest BCUT2D eigenvalue weighted by Crippen LogP contribution is -2.56. The summed E-state index contributed by atoms with van der Waals surface area (Å²) in [5.41, 5.74) is 2.87. The Kier molecular flexibility index (Phi) is 8.46. The summed E-state index contributed by atoms with van der Waals surface area (Å²) >= 11 is 0. The summed E-state index contributed by atoms with van der Waals surface area (Å²) in [7, 11) is 0. The molecule has 0 saturated carbocycles. The molecule has 0 aliphatic heterocycles. The number of nitrogens with zero attached hydrogens (tertiary/aromatic N) is 2. The molecular formula is C35H36N4O3. The highest BCUT2D eigenvalue weighted by molar-refractivity contribution is 5.87. The van der Waals surface area contributed by atoms with Gasteiger partial charge in [0.1, 0.15) is 24.5 Å². The Labute approximate surface area is 246 Å². The molecule has 0 spiro atoms. The summed E-state index contributed by atoms with van der Waals surface area (Å²) < 4.78 is 5.81. The van der Waals surface area contributed by atoms with E-state index in [2.05, 4.69) is 40.6 Å². The minimum absolute atomic E-state index is 0.0398. The van der Waals surface area contributed by atoms with Crippen molar-refractivity contribution in [1.82, 2.24) is 15.2 Å². The zero-order chi connectivity index (χ0) is 29.7. The Bertz CT molecular complexity index is 1730. The smallest absolute Gasteiger partial charge is 0.318 e. The average molecular weight is 561 g/mol. The monoisotopic (exact) mass is 560 g/mol. The Morgan fingerprint density at radius 3 is 2.50 bits per heavy atom. The highest BCUT2D eigenvalue weighted by Crippen LogP contribution is 2.29. The molecule has 0 saturated heterocycles. The van der Waals surface area contributed by atoms with Gasteiger partial charge in [0.15, 0.2) is 0 Å². The summed E-state index contributed by atoms with van der Waals surface area (Å²) in [6, 6.07) is 30.8. The number of aromatic amines is 1. The van der Waals surface area contributed by atoms with Crippen LogP contribution in [0.4, 0.5) is 4.79 Å². The number of hydrogen-bond acceptors (Lipinski definition) is 4. The number of urea groups is 1. The Morgan fingerprint density at radius 1 is 1.00 bits per heavy atom. The SMILES string of the molecule is C[C@@H](NC(=O)N(CC(O)COc1ccccc1C#N)C(C)(C)Cc1c[nH]c2ccccc12)c1cccc2ccccc12. The molecule has 0 fully saturated rings. The third-order valence-electron chi connectivity index (χ3n) is 7.74. The van der Waals surface area contributed by atoms with Crippen LogP contribution in [-0.4, -0.2) is 45.8 Å². The quantitative estimate of drug-likeness (QED) is 0.176. The van der Waals surface area contributed by atoms with Gasteiger partial charge in [-0.3, -0.25) is 0 Å². The normalized spacial score (nSPS) is 12.9. The molecule has 0 radical (unpaired) electrons. The van der Waals surface area contributed by atoms with Gasteiger partial charge in [0.2, 0.25) is 0 Å². The van der Waals surface area contributed by atoms with E-state index < -0.39 is 11.6 Å². The molecule has 2 atom stereocenters. The molecule has 42 heavy (non-hydrogen) atoms. The van der Waals surface area contributed by atoms with Gasteiger partial charge in [-0.2, -0.15) is 5.26 Å². The summed E-state index contributed by atoms with van der Waals surface area (Å²) in [4.78, 5) is 19.0. The highest BCUT2D eigenvalue weighted by atomic mass is 16.5. The maximum atomic E-state index is 14.0. The van der Waals surface area contributed by atoms with E-state index in [1.807, 2.05) is 69.4 Å². The molecule has 1 aromatic heterocycles. The van der Waals surface area contributed by atoms with Crippen LogP contribution in [0.1, 0.15) is 43.5 Å². The molecule has 2 amide bonds. The van der Waals surface area contributed by atoms with E-state index in [0.29, 0.717) is 17.7 Å². The number of hydrogen-bond donors (Lipinski definition) is 3. The van der Waals surface area contributed by atoms with E-state index in [1.165, 1.54) is 0 Å². The van der Waals surface area contributed by atoms with Gasteiger partial charge in [0, 0.05) is 22.6 Å². The molecule has 0 bridgehead atoms. The van der Waals surface area contributed by atoms with Gasteiger partial charge in [-0.1, -0.05) is 72.8 Å². The predicted molar refractivity (Wildman–Crippen MR) is 166 cm³/mol. The van der Waals surface area contributed by atoms with E-state index in [1.54, 1.807) is 29.2 Å². The number of fused-ring (bicyclic) bond motifs is 2. The first kappa shape index (κ1) is 28.7. The molecule has 0 aliphatic rings. The van der Waals surface area contributed by atoms with Crippen molar-refractivity contribution in [1.29, 1.82) is 5.26 Å². The van der Waals surface area contributed by atoms with Crippen LogP contribution in [0.2, 0.25) is 0 Å². The second-order valence-corrected chi connectivity index (χ2v) is 11.3. The lowest BCUT2D eigenvalue weighted by atomic mass is 9.92. The van der Waals surface area contributed by atoms with Crippen LogP contribution >= 0.6 is 0 Å². The van der Waals surface area contributed by atoms with Crippen molar-refractivity contribution < 1.29 is 14.6 Å². The lowest BCUT2D eigenvalue weighted by molar-refractivity contribution is 0.0455. The highest BCUT2D eigenvalue weighted by Gasteiger charge is 2.34. The Morgan fingerprint density at radius 2 is 1.69 bits per heavy atom. The molecule has 0 aliphatic carbocycles. The molecule has 7 nitrogen and oxygen atoms in total. The van der Waals surface area contributed by atoms with Gasteiger partial charge >= 0.3 is 6.03 Å². The number of H-pyrrole nitrogens is 1. The van der Waals surface area contributed by atoms with Gasteiger partial charge in [-0.25, -0.2) is 4.79 Å². The third-order valence-corrected chi connectivity index (χ3v) is 7.74. The maximum Gasteiger partial charge on any atom is 0.318 e. The first-order chi connectivity index (χ1) is 20.3. The van der Waals surface area contributed by atoms with Gasteiger partial charge in [0.05, 0.1) is 18.2 Å². The van der Waals surface area contributed by atoms with Gasteiger partial charge < -0.3 is 25.0 Å². The first-order valence-electron chi connectivity index (χ1n) is 14.2. The number of β-amino-alcohol motifs (C(OH)–C–C–N with tert-alkyl or cyclic N) is 1. The fourth-order valence-electron chi connectivity index (χ4n) is 5.55. The largest absolute Gasteiger partial charge is 0.489 e. The zero-order valence-corrected chi connectivity index (χ0v) is 24.2. The minimum atomic E-state index is -0.988. The van der Waals surface area contributed by atoms with Crippen LogP contribution < -0.4 is 10.1 Å². The lowest BCUT2D eigenvalue weighted by Gasteiger charge is -2.40. The first-order valence-corrected chi connectivity index (χ1v) is 14.2. The van der Waals surface area contributed by atoms with Gasteiger partial charge in [0.25, 0.3) is 0 Å². The molecular weight excluding hydrogens is 524 g/mol. The number of aromatic nitrogens is 1. The number of nitriles is 1.